The highest BCUT2D eigenvalue weighted by Gasteiger charge is 2.34. The summed E-state index contributed by atoms with van der Waals surface area (Å²) >= 11 is 0. The number of pyridine rings is 1. The van der Waals surface area contributed by atoms with E-state index in [0.717, 1.165) is 17.2 Å². The van der Waals surface area contributed by atoms with Crippen molar-refractivity contribution in [1.29, 1.82) is 0 Å². The van der Waals surface area contributed by atoms with Crippen molar-refractivity contribution in [3.05, 3.63) is 101 Å². The summed E-state index contributed by atoms with van der Waals surface area (Å²) in [5.41, 5.74) is 6.74. The molecule has 0 unspecified atom stereocenters. The molecule has 0 aliphatic carbocycles. The van der Waals surface area contributed by atoms with Crippen molar-refractivity contribution in [2.45, 2.75) is 19.6 Å². The zero-order valence-electron chi connectivity index (χ0n) is 20.9. The number of anilines is 1. The van der Waals surface area contributed by atoms with Gasteiger partial charge in [-0.1, -0.05) is 29.8 Å². The second-order valence-corrected chi connectivity index (χ2v) is 8.60. The van der Waals surface area contributed by atoms with Gasteiger partial charge in [0.25, 0.3) is 5.91 Å². The number of ether oxygens (including phenoxy) is 1. The van der Waals surface area contributed by atoms with Crippen LogP contribution in [0, 0.1) is 6.92 Å². The molecule has 0 spiro atoms. The number of alkyl halides is 3. The van der Waals surface area contributed by atoms with Crippen LogP contribution in [0.2, 0.25) is 0 Å². The van der Waals surface area contributed by atoms with Crippen LogP contribution >= 0.6 is 0 Å². The van der Waals surface area contributed by atoms with Gasteiger partial charge in [0.1, 0.15) is 0 Å². The van der Waals surface area contributed by atoms with Crippen molar-refractivity contribution in [1.82, 2.24) is 9.88 Å². The molecule has 1 fully saturated rings. The van der Waals surface area contributed by atoms with E-state index in [4.69, 9.17) is 10.5 Å². The smallest absolute Gasteiger partial charge is 0.379 e. The minimum atomic E-state index is -4.49. The molecule has 1 saturated heterocycles. The maximum absolute atomic E-state index is 13.5. The Kier molecular flexibility index (Phi) is 10.1. The highest BCUT2D eigenvalue weighted by molar-refractivity contribution is 6.04. The Labute approximate surface area is 219 Å². The summed E-state index contributed by atoms with van der Waals surface area (Å²) in [6.07, 6.45) is 1.75. The second-order valence-electron chi connectivity index (χ2n) is 8.60. The number of morpholine rings is 1. The Hall–Kier alpha value is -4.02. The van der Waals surface area contributed by atoms with Gasteiger partial charge in [-0.05, 0) is 54.5 Å². The SMILES string of the molecule is Cc1ccc(C(=O)Nc2ccc(CN3CCOCC3)c(C(F)(F)F)c2)cc1.NC(=O)C=Cc1cccnc1. The lowest BCUT2D eigenvalue weighted by Crippen LogP contribution is -2.36. The summed E-state index contributed by atoms with van der Waals surface area (Å²) in [4.78, 5) is 28.3. The number of hydrogen-bond acceptors (Lipinski definition) is 5. The topological polar surface area (TPSA) is 97.5 Å². The average Bonchev–Trinajstić information content (AvgIpc) is 2.90. The van der Waals surface area contributed by atoms with Crippen molar-refractivity contribution in [3.8, 4) is 0 Å². The van der Waals surface area contributed by atoms with Gasteiger partial charge in [-0.25, -0.2) is 0 Å². The van der Waals surface area contributed by atoms with Crippen molar-refractivity contribution in [2.75, 3.05) is 31.6 Å². The lowest BCUT2D eigenvalue weighted by atomic mass is 10.0. The Bertz CT molecular complexity index is 1240. The van der Waals surface area contributed by atoms with E-state index >= 15 is 0 Å². The van der Waals surface area contributed by atoms with Crippen LogP contribution in [-0.4, -0.2) is 48.0 Å². The largest absolute Gasteiger partial charge is 0.416 e. The molecule has 38 heavy (non-hydrogen) atoms. The van der Waals surface area contributed by atoms with E-state index < -0.39 is 23.6 Å². The molecule has 10 heteroatoms. The number of primary amides is 1. The molecular formula is C28H29F3N4O3. The van der Waals surface area contributed by atoms with Crippen LogP contribution < -0.4 is 11.1 Å². The van der Waals surface area contributed by atoms with Gasteiger partial charge < -0.3 is 15.8 Å². The summed E-state index contributed by atoms with van der Waals surface area (Å²) < 4.78 is 45.8. The van der Waals surface area contributed by atoms with Gasteiger partial charge >= 0.3 is 6.18 Å². The molecule has 4 rings (SSSR count). The van der Waals surface area contributed by atoms with Crippen LogP contribution in [0.25, 0.3) is 6.08 Å². The predicted molar refractivity (Wildman–Crippen MR) is 139 cm³/mol. The number of nitrogens with zero attached hydrogens (tertiary/aromatic N) is 2. The third-order valence-corrected chi connectivity index (χ3v) is 5.61. The summed E-state index contributed by atoms with van der Waals surface area (Å²) in [5, 5.41) is 2.55. The van der Waals surface area contributed by atoms with Crippen LogP contribution in [-0.2, 0) is 22.3 Å². The number of aromatic nitrogens is 1. The molecule has 0 bridgehead atoms. The van der Waals surface area contributed by atoms with E-state index in [2.05, 4.69) is 10.3 Å². The van der Waals surface area contributed by atoms with Crippen LogP contribution in [0.3, 0.4) is 0 Å². The van der Waals surface area contributed by atoms with Gasteiger partial charge in [-0.3, -0.25) is 19.5 Å². The Morgan fingerprint density at radius 1 is 1.11 bits per heavy atom. The van der Waals surface area contributed by atoms with Gasteiger partial charge in [0, 0.05) is 49.4 Å². The number of carbonyl (C=O) groups excluding carboxylic acids is 2. The zero-order valence-corrected chi connectivity index (χ0v) is 20.9. The Morgan fingerprint density at radius 3 is 2.42 bits per heavy atom. The van der Waals surface area contributed by atoms with E-state index in [-0.39, 0.29) is 17.8 Å². The third-order valence-electron chi connectivity index (χ3n) is 5.61. The van der Waals surface area contributed by atoms with Crippen LogP contribution in [0.1, 0.15) is 32.6 Å². The van der Waals surface area contributed by atoms with Gasteiger partial charge in [-0.15, -0.1) is 0 Å². The maximum atomic E-state index is 13.5. The first kappa shape index (κ1) is 28.5. The second kappa shape index (κ2) is 13.5. The van der Waals surface area contributed by atoms with Crippen LogP contribution in [0.5, 0.6) is 0 Å². The normalized spacial score (nSPS) is 14.0. The highest BCUT2D eigenvalue weighted by Crippen LogP contribution is 2.34. The van der Waals surface area contributed by atoms with Gasteiger partial charge in [-0.2, -0.15) is 13.2 Å². The summed E-state index contributed by atoms with van der Waals surface area (Å²) in [6, 6.07) is 14.4. The molecule has 1 aliphatic heterocycles. The molecule has 1 aromatic heterocycles. The molecule has 3 aromatic rings. The van der Waals surface area contributed by atoms with Crippen LogP contribution in [0.4, 0.5) is 18.9 Å². The average molecular weight is 527 g/mol. The summed E-state index contributed by atoms with van der Waals surface area (Å²) in [5.74, 6) is -0.891. The molecule has 200 valence electrons. The first-order chi connectivity index (χ1) is 18.1. The Balaban J connectivity index is 0.000000304. The number of carbonyl (C=O) groups is 2. The van der Waals surface area contributed by atoms with Crippen molar-refractivity contribution in [2.24, 2.45) is 5.73 Å². The van der Waals surface area contributed by atoms with E-state index in [1.54, 1.807) is 48.8 Å². The summed E-state index contributed by atoms with van der Waals surface area (Å²) in [7, 11) is 0. The number of amides is 2. The quantitative estimate of drug-likeness (QED) is 0.455. The van der Waals surface area contributed by atoms with E-state index in [1.807, 2.05) is 17.9 Å². The molecule has 3 N–H and O–H groups in total. The minimum Gasteiger partial charge on any atom is -0.379 e. The van der Waals surface area contributed by atoms with Crippen molar-refractivity contribution in [3.63, 3.8) is 0 Å². The number of benzene rings is 2. The van der Waals surface area contributed by atoms with E-state index in [9.17, 15) is 22.8 Å². The maximum Gasteiger partial charge on any atom is 0.416 e. The standard InChI is InChI=1S/C20H21F3N2O2.C8H8N2O/c1-14-2-4-15(5-3-14)19(26)24-17-7-6-16(18(12-17)20(21,22)23)13-25-8-10-27-11-9-25;9-8(11)4-3-7-2-1-5-10-6-7/h2-7,12H,8-11,13H2,1H3,(H,24,26);1-6H,(H2,9,11). The predicted octanol–water partition coefficient (Wildman–Crippen LogP) is 4.68. The fourth-order valence-electron chi connectivity index (χ4n) is 3.62. The molecule has 1 aliphatic rings. The molecule has 0 atom stereocenters. The molecule has 2 heterocycles. The number of rotatable bonds is 6. The molecule has 2 amide bonds. The zero-order chi connectivity index (χ0) is 27.5. The molecule has 7 nitrogen and oxygen atoms in total. The first-order valence-corrected chi connectivity index (χ1v) is 11.9. The van der Waals surface area contributed by atoms with Crippen molar-refractivity contribution < 1.29 is 27.5 Å². The molecule has 0 radical (unpaired) electrons. The number of nitrogens with one attached hydrogen (secondary N) is 1. The van der Waals surface area contributed by atoms with Gasteiger partial charge in [0.15, 0.2) is 0 Å². The molecule has 0 saturated carbocycles. The molecular weight excluding hydrogens is 497 g/mol. The monoisotopic (exact) mass is 526 g/mol. The number of hydrogen-bond donors (Lipinski definition) is 2. The lowest BCUT2D eigenvalue weighted by Gasteiger charge is -2.27. The fourth-order valence-corrected chi connectivity index (χ4v) is 3.62. The fraction of sp³-hybridized carbons (Fsp3) is 0.250. The molecule has 2 aromatic carbocycles. The van der Waals surface area contributed by atoms with Crippen molar-refractivity contribution >= 4 is 23.6 Å². The van der Waals surface area contributed by atoms with E-state index in [0.29, 0.717) is 31.9 Å². The Morgan fingerprint density at radius 2 is 1.82 bits per heavy atom. The van der Waals surface area contributed by atoms with Gasteiger partial charge in [0.05, 0.1) is 18.8 Å². The number of aryl methyl sites for hydroxylation is 1. The summed E-state index contributed by atoms with van der Waals surface area (Å²) in [6.45, 7) is 4.33. The highest BCUT2D eigenvalue weighted by atomic mass is 19.4. The lowest BCUT2D eigenvalue weighted by molar-refractivity contribution is -0.138. The third kappa shape index (κ3) is 9.13. The minimum absolute atomic E-state index is 0.124. The number of halogens is 3. The first-order valence-electron chi connectivity index (χ1n) is 11.9. The van der Waals surface area contributed by atoms with E-state index in [1.165, 1.54) is 18.2 Å². The number of nitrogens with two attached hydrogens (primary N) is 1. The van der Waals surface area contributed by atoms with Gasteiger partial charge in [0.2, 0.25) is 5.91 Å². The van der Waals surface area contributed by atoms with Crippen LogP contribution in [0.15, 0.2) is 73.1 Å².